The zero-order valence-corrected chi connectivity index (χ0v) is 23.2. The van der Waals surface area contributed by atoms with Crippen LogP contribution in [0.5, 0.6) is 0 Å². The number of benzene rings is 2. The number of esters is 2. The number of unbranched alkanes of at least 4 members (excludes halogenated alkanes) is 3. The Labute approximate surface area is 235 Å². The molecular weight excluding hydrogens is 518 g/mol. The molecule has 40 heavy (non-hydrogen) atoms. The molecule has 0 aliphatic rings. The Bertz CT molecular complexity index is 1110. The summed E-state index contributed by atoms with van der Waals surface area (Å²) in [5.74, 6) is -4.99. The van der Waals surface area contributed by atoms with Crippen molar-refractivity contribution in [3.8, 4) is 0 Å². The molecule has 0 spiro atoms. The summed E-state index contributed by atoms with van der Waals surface area (Å²) in [6.45, 7) is 6.75. The number of aliphatic hydroxyl groups is 2. The van der Waals surface area contributed by atoms with Gasteiger partial charge in [-0.25, -0.2) is 18.4 Å². The van der Waals surface area contributed by atoms with E-state index in [1.165, 1.54) is 42.5 Å². The molecule has 0 unspecified atom stereocenters. The Kier molecular flexibility index (Phi) is 14.3. The zero-order chi connectivity index (χ0) is 29.5. The van der Waals surface area contributed by atoms with Crippen LogP contribution in [0.3, 0.4) is 0 Å². The molecule has 2 rings (SSSR count). The molecule has 0 saturated carbocycles. The molecule has 0 bridgehead atoms. The van der Waals surface area contributed by atoms with E-state index >= 15 is 8.78 Å². The molecule has 0 heterocycles. The van der Waals surface area contributed by atoms with Crippen molar-refractivity contribution < 1.29 is 38.1 Å². The van der Waals surface area contributed by atoms with Crippen LogP contribution in [0.2, 0.25) is 0 Å². The lowest BCUT2D eigenvalue weighted by Crippen LogP contribution is -2.23. The number of hydrogen-bond donors (Lipinski definition) is 2. The molecule has 0 aliphatic heterocycles. The number of halogens is 2. The van der Waals surface area contributed by atoms with Gasteiger partial charge in [-0.2, -0.15) is 0 Å². The highest BCUT2D eigenvalue weighted by Crippen LogP contribution is 2.26. The van der Waals surface area contributed by atoms with E-state index in [0.29, 0.717) is 12.8 Å². The molecule has 218 valence electrons. The number of aliphatic hydroxyl groups excluding tert-OH is 2. The maximum absolute atomic E-state index is 15.2. The summed E-state index contributed by atoms with van der Waals surface area (Å²) in [5.41, 5.74) is 2.20. The van der Waals surface area contributed by atoms with Gasteiger partial charge in [0.1, 0.15) is 13.2 Å². The molecule has 0 aromatic heterocycles. The monoisotopic (exact) mass is 558 g/mol. The fourth-order valence-corrected chi connectivity index (χ4v) is 4.12. The molecule has 2 aromatic carbocycles. The minimum Gasteiger partial charge on any atom is -0.461 e. The molecule has 8 heteroatoms. The zero-order valence-electron chi connectivity index (χ0n) is 23.2. The van der Waals surface area contributed by atoms with Crippen LogP contribution in [0.1, 0.15) is 67.2 Å². The van der Waals surface area contributed by atoms with E-state index in [4.69, 9.17) is 19.7 Å². The molecule has 2 N–H and O–H groups in total. The van der Waals surface area contributed by atoms with Gasteiger partial charge in [-0.05, 0) is 55.2 Å². The molecule has 0 radical (unpaired) electrons. The minimum absolute atomic E-state index is 0.134. The highest BCUT2D eigenvalue weighted by Gasteiger charge is 2.24. The second kappa shape index (κ2) is 17.4. The molecule has 0 atom stereocenters. The number of rotatable bonds is 18. The van der Waals surface area contributed by atoms with Gasteiger partial charge in [0.15, 0.2) is 11.6 Å². The van der Waals surface area contributed by atoms with Gasteiger partial charge in [-0.1, -0.05) is 69.3 Å². The number of carbonyl (C=O) groups is 2. The lowest BCUT2D eigenvalue weighted by Gasteiger charge is -2.20. The van der Waals surface area contributed by atoms with Gasteiger partial charge in [-0.3, -0.25) is 0 Å². The van der Waals surface area contributed by atoms with Crippen LogP contribution in [0.4, 0.5) is 8.78 Å². The number of carbonyl (C=O) groups excluding carboxylic acids is 2. The summed E-state index contributed by atoms with van der Waals surface area (Å²) in [6.07, 6.45) is 7.36. The van der Waals surface area contributed by atoms with Gasteiger partial charge >= 0.3 is 11.9 Å². The summed E-state index contributed by atoms with van der Waals surface area (Å²) in [6, 6.07) is 11.4. The highest BCUT2D eigenvalue weighted by molar-refractivity contribution is 5.88. The third-order valence-corrected chi connectivity index (χ3v) is 6.68. The average molecular weight is 559 g/mol. The van der Waals surface area contributed by atoms with Gasteiger partial charge in [0, 0.05) is 5.56 Å². The molecule has 0 saturated heterocycles. The van der Waals surface area contributed by atoms with Crippen LogP contribution in [-0.2, 0) is 38.3 Å². The maximum Gasteiger partial charge on any atom is 0.335 e. The summed E-state index contributed by atoms with van der Waals surface area (Å²) >= 11 is 0. The Hall–Kier alpha value is -3.36. The van der Waals surface area contributed by atoms with E-state index in [1.54, 1.807) is 0 Å². The van der Waals surface area contributed by atoms with E-state index in [2.05, 4.69) is 44.3 Å². The third-order valence-electron chi connectivity index (χ3n) is 6.68. The lowest BCUT2D eigenvalue weighted by molar-refractivity contribution is -0.143. The predicted molar refractivity (Wildman–Crippen MR) is 150 cm³/mol. The lowest BCUT2D eigenvalue weighted by atomic mass is 9.96. The highest BCUT2D eigenvalue weighted by atomic mass is 19.2. The SMILES string of the molecule is C=C(CO)C(=O)OCC(COC(=O)C(=C)CO)c1ccc(CCCCc2ccc(CCCCC)cc2)c(F)c1F. The first-order valence-electron chi connectivity index (χ1n) is 13.7. The van der Waals surface area contributed by atoms with Crippen LogP contribution >= 0.6 is 0 Å². The van der Waals surface area contributed by atoms with Crippen molar-refractivity contribution in [2.45, 2.75) is 64.2 Å². The maximum atomic E-state index is 15.2. The number of ether oxygens (including phenoxy) is 2. The van der Waals surface area contributed by atoms with Crippen LogP contribution in [0.25, 0.3) is 0 Å². The first kappa shape index (κ1) is 32.8. The fraction of sp³-hybridized carbons (Fsp3) is 0.438. The molecular formula is C32H40F2O6. The van der Waals surface area contributed by atoms with Crippen LogP contribution < -0.4 is 0 Å². The fourth-order valence-electron chi connectivity index (χ4n) is 4.12. The van der Waals surface area contributed by atoms with Crippen molar-refractivity contribution >= 4 is 11.9 Å². The predicted octanol–water partition coefficient (Wildman–Crippen LogP) is 5.53. The second-order valence-corrected chi connectivity index (χ2v) is 9.84. The molecule has 0 fully saturated rings. The Morgan fingerprint density at radius 1 is 0.750 bits per heavy atom. The normalized spacial score (nSPS) is 10.9. The topological polar surface area (TPSA) is 93.1 Å². The van der Waals surface area contributed by atoms with Gasteiger partial charge in [0.05, 0.1) is 30.3 Å². The van der Waals surface area contributed by atoms with Crippen molar-refractivity contribution in [2.75, 3.05) is 26.4 Å². The van der Waals surface area contributed by atoms with Crippen molar-refractivity contribution in [3.05, 3.63) is 94.6 Å². The van der Waals surface area contributed by atoms with Gasteiger partial charge in [0.2, 0.25) is 0 Å². The van der Waals surface area contributed by atoms with Crippen molar-refractivity contribution in [1.82, 2.24) is 0 Å². The summed E-state index contributed by atoms with van der Waals surface area (Å²) in [4.78, 5) is 23.8. The summed E-state index contributed by atoms with van der Waals surface area (Å²) in [5, 5.41) is 18.1. The minimum atomic E-state index is -1.12. The standard InChI is InChI=1S/C32H40F2O6/c1-4-5-6-9-24-12-14-25(15-13-24)10-7-8-11-26-16-17-28(30(34)29(26)33)27(20-39-31(37)22(2)18-35)21-40-32(38)23(3)19-36/h12-17,27,35-36H,2-11,18-21H2,1H3. The Morgan fingerprint density at radius 2 is 1.23 bits per heavy atom. The Balaban J connectivity index is 2.02. The molecule has 0 aliphatic carbocycles. The third kappa shape index (κ3) is 10.3. The quantitative estimate of drug-likeness (QED) is 0.142. The van der Waals surface area contributed by atoms with E-state index in [-0.39, 0.29) is 22.3 Å². The smallest absolute Gasteiger partial charge is 0.335 e. The first-order chi connectivity index (χ1) is 19.2. The van der Waals surface area contributed by atoms with Gasteiger partial charge < -0.3 is 19.7 Å². The molecule has 2 aromatic rings. The van der Waals surface area contributed by atoms with E-state index in [0.717, 1.165) is 19.3 Å². The van der Waals surface area contributed by atoms with Crippen LogP contribution in [0, 0.1) is 11.6 Å². The molecule has 6 nitrogen and oxygen atoms in total. The van der Waals surface area contributed by atoms with Crippen molar-refractivity contribution in [3.63, 3.8) is 0 Å². The largest absolute Gasteiger partial charge is 0.461 e. The average Bonchev–Trinajstić information content (AvgIpc) is 2.97. The van der Waals surface area contributed by atoms with Crippen LogP contribution in [0.15, 0.2) is 60.7 Å². The summed E-state index contributed by atoms with van der Waals surface area (Å²) in [7, 11) is 0. The van der Waals surface area contributed by atoms with E-state index in [9.17, 15) is 9.59 Å². The number of hydrogen-bond acceptors (Lipinski definition) is 6. The first-order valence-corrected chi connectivity index (χ1v) is 13.7. The van der Waals surface area contributed by atoms with E-state index in [1.807, 2.05) is 0 Å². The van der Waals surface area contributed by atoms with Crippen molar-refractivity contribution in [2.24, 2.45) is 0 Å². The number of aryl methyl sites for hydroxylation is 3. The van der Waals surface area contributed by atoms with E-state index < -0.39 is 55.9 Å². The van der Waals surface area contributed by atoms with Gasteiger partial charge in [0.25, 0.3) is 0 Å². The van der Waals surface area contributed by atoms with Crippen molar-refractivity contribution in [1.29, 1.82) is 0 Å². The molecule has 0 amide bonds. The van der Waals surface area contributed by atoms with Gasteiger partial charge in [-0.15, -0.1) is 0 Å². The second-order valence-electron chi connectivity index (χ2n) is 9.84. The Morgan fingerprint density at radius 3 is 1.70 bits per heavy atom. The van der Waals surface area contributed by atoms with Crippen LogP contribution in [-0.4, -0.2) is 48.6 Å². The summed E-state index contributed by atoms with van der Waals surface area (Å²) < 4.78 is 40.3.